The number of likely N-dealkylation sites (tertiary alicyclic amines) is 1. The molecule has 2 rings (SSSR count). The van der Waals surface area contributed by atoms with Crippen molar-refractivity contribution in [1.82, 2.24) is 4.90 Å². The molecule has 0 saturated carbocycles. The van der Waals surface area contributed by atoms with Gasteiger partial charge in [0.25, 0.3) is 0 Å². The van der Waals surface area contributed by atoms with E-state index in [1.807, 2.05) is 12.1 Å². The number of carbonyl (C=O) groups is 2. The maximum atomic E-state index is 9.10. The lowest BCUT2D eigenvalue weighted by Crippen LogP contribution is -2.24. The van der Waals surface area contributed by atoms with Gasteiger partial charge >= 0.3 is 11.9 Å². The van der Waals surface area contributed by atoms with Gasteiger partial charge in [-0.05, 0) is 66.5 Å². The number of halogens is 1. The molecule has 0 bridgehead atoms. The Morgan fingerprint density at radius 2 is 1.76 bits per heavy atom. The summed E-state index contributed by atoms with van der Waals surface area (Å²) in [5, 5.41) is 14.8. The summed E-state index contributed by atoms with van der Waals surface area (Å²) in [4.78, 5) is 20.7. The van der Waals surface area contributed by atoms with Crippen LogP contribution in [0.2, 0.25) is 0 Å². The summed E-state index contributed by atoms with van der Waals surface area (Å²) < 4.78 is 12.3. The van der Waals surface area contributed by atoms with Crippen LogP contribution in [-0.2, 0) is 14.3 Å². The standard InChI is InChI=1S/C15H22BrNO2.C2H2O4/c1-13-4-5-15(14(16)12-13)19-11-10-18-9-8-17-6-2-3-7-17;3-1(4)2(5)6/h4-5,12H,2-3,6-11H2,1H3;(H,3,4)(H,5,6). The Morgan fingerprint density at radius 1 is 1.12 bits per heavy atom. The predicted molar refractivity (Wildman–Crippen MR) is 96.1 cm³/mol. The van der Waals surface area contributed by atoms with Gasteiger partial charge in [0.05, 0.1) is 17.7 Å². The minimum absolute atomic E-state index is 0.599. The minimum atomic E-state index is -1.82. The van der Waals surface area contributed by atoms with E-state index in [1.165, 1.54) is 31.5 Å². The van der Waals surface area contributed by atoms with E-state index < -0.39 is 11.9 Å². The van der Waals surface area contributed by atoms with E-state index in [4.69, 9.17) is 29.3 Å². The van der Waals surface area contributed by atoms with Crippen LogP contribution in [0.25, 0.3) is 0 Å². The van der Waals surface area contributed by atoms with Crippen LogP contribution in [0.5, 0.6) is 5.75 Å². The first-order chi connectivity index (χ1) is 11.9. The molecule has 1 aliphatic rings. The van der Waals surface area contributed by atoms with Crippen molar-refractivity contribution < 1.29 is 29.3 Å². The van der Waals surface area contributed by atoms with E-state index in [2.05, 4.69) is 33.8 Å². The molecule has 1 fully saturated rings. The summed E-state index contributed by atoms with van der Waals surface area (Å²) in [6.07, 6.45) is 2.68. The Kier molecular flexibility index (Phi) is 10.1. The van der Waals surface area contributed by atoms with Crippen LogP contribution in [0, 0.1) is 6.92 Å². The van der Waals surface area contributed by atoms with Crippen LogP contribution in [0.4, 0.5) is 0 Å². The van der Waals surface area contributed by atoms with Gasteiger partial charge in [-0.15, -0.1) is 0 Å². The normalized spacial score (nSPS) is 13.8. The zero-order chi connectivity index (χ0) is 18.7. The zero-order valence-electron chi connectivity index (χ0n) is 14.2. The van der Waals surface area contributed by atoms with E-state index in [9.17, 15) is 0 Å². The van der Waals surface area contributed by atoms with Gasteiger partial charge in [0.2, 0.25) is 0 Å². The number of rotatable bonds is 7. The number of aryl methyl sites for hydroxylation is 1. The van der Waals surface area contributed by atoms with Crippen LogP contribution in [-0.4, -0.2) is 66.5 Å². The molecule has 1 aliphatic heterocycles. The molecule has 0 amide bonds. The van der Waals surface area contributed by atoms with Crippen molar-refractivity contribution >= 4 is 27.9 Å². The Morgan fingerprint density at radius 3 is 2.32 bits per heavy atom. The first-order valence-corrected chi connectivity index (χ1v) is 8.84. The third-order valence-electron chi connectivity index (χ3n) is 3.51. The number of ether oxygens (including phenoxy) is 2. The summed E-state index contributed by atoms with van der Waals surface area (Å²) in [5.41, 5.74) is 1.22. The highest BCUT2D eigenvalue weighted by molar-refractivity contribution is 9.10. The second-order valence-corrected chi connectivity index (χ2v) is 6.41. The smallest absolute Gasteiger partial charge is 0.414 e. The molecule has 1 saturated heterocycles. The number of aliphatic carboxylic acids is 2. The van der Waals surface area contributed by atoms with Gasteiger partial charge in [0.1, 0.15) is 12.4 Å². The summed E-state index contributed by atoms with van der Waals surface area (Å²) in [6.45, 7) is 7.63. The minimum Gasteiger partial charge on any atom is -0.490 e. The second-order valence-electron chi connectivity index (χ2n) is 5.55. The van der Waals surface area contributed by atoms with Crippen molar-refractivity contribution in [2.24, 2.45) is 0 Å². The van der Waals surface area contributed by atoms with Crippen LogP contribution < -0.4 is 4.74 Å². The molecule has 1 aromatic rings. The number of nitrogens with zero attached hydrogens (tertiary/aromatic N) is 1. The van der Waals surface area contributed by atoms with Crippen molar-refractivity contribution in [2.75, 3.05) is 39.5 Å². The summed E-state index contributed by atoms with van der Waals surface area (Å²) in [7, 11) is 0. The van der Waals surface area contributed by atoms with Gasteiger partial charge in [-0.1, -0.05) is 6.07 Å². The maximum absolute atomic E-state index is 9.10. The molecule has 140 valence electrons. The number of carboxylic acids is 2. The van der Waals surface area contributed by atoms with Crippen LogP contribution in [0.3, 0.4) is 0 Å². The molecule has 8 heteroatoms. The number of hydrogen-bond acceptors (Lipinski definition) is 5. The lowest BCUT2D eigenvalue weighted by molar-refractivity contribution is -0.159. The van der Waals surface area contributed by atoms with E-state index in [1.54, 1.807) is 0 Å². The SMILES string of the molecule is Cc1ccc(OCCOCCN2CCCC2)c(Br)c1.O=C(O)C(=O)O. The highest BCUT2D eigenvalue weighted by Crippen LogP contribution is 2.25. The van der Waals surface area contributed by atoms with Crippen molar-refractivity contribution in [3.8, 4) is 5.75 Å². The van der Waals surface area contributed by atoms with E-state index >= 15 is 0 Å². The summed E-state index contributed by atoms with van der Waals surface area (Å²) >= 11 is 3.50. The average molecular weight is 418 g/mol. The van der Waals surface area contributed by atoms with Gasteiger partial charge < -0.3 is 24.6 Å². The fourth-order valence-corrected chi connectivity index (χ4v) is 2.84. The Hall–Kier alpha value is -1.64. The van der Waals surface area contributed by atoms with Crippen molar-refractivity contribution in [3.63, 3.8) is 0 Å². The van der Waals surface area contributed by atoms with Crippen LogP contribution in [0.1, 0.15) is 18.4 Å². The summed E-state index contributed by atoms with van der Waals surface area (Å²) in [6, 6.07) is 6.10. The first-order valence-electron chi connectivity index (χ1n) is 8.05. The molecular weight excluding hydrogens is 394 g/mol. The topological polar surface area (TPSA) is 96.3 Å². The van der Waals surface area contributed by atoms with Crippen LogP contribution in [0.15, 0.2) is 22.7 Å². The molecule has 7 nitrogen and oxygen atoms in total. The molecule has 0 aromatic heterocycles. The van der Waals surface area contributed by atoms with Crippen molar-refractivity contribution in [1.29, 1.82) is 0 Å². The highest BCUT2D eigenvalue weighted by Gasteiger charge is 2.10. The molecule has 0 spiro atoms. The zero-order valence-corrected chi connectivity index (χ0v) is 15.8. The maximum Gasteiger partial charge on any atom is 0.414 e. The molecule has 0 atom stereocenters. The van der Waals surface area contributed by atoms with E-state index in [0.29, 0.717) is 13.2 Å². The van der Waals surface area contributed by atoms with E-state index in [0.717, 1.165) is 23.4 Å². The molecule has 25 heavy (non-hydrogen) atoms. The fraction of sp³-hybridized carbons (Fsp3) is 0.529. The van der Waals surface area contributed by atoms with Crippen LogP contribution >= 0.6 is 15.9 Å². The molecule has 0 unspecified atom stereocenters. The molecular formula is C17H24BrNO6. The Labute approximate surface area is 155 Å². The van der Waals surface area contributed by atoms with Gasteiger partial charge in [0, 0.05) is 6.54 Å². The molecule has 0 aliphatic carbocycles. The van der Waals surface area contributed by atoms with Crippen molar-refractivity contribution in [2.45, 2.75) is 19.8 Å². The number of benzene rings is 1. The fourth-order valence-electron chi connectivity index (χ4n) is 2.24. The largest absolute Gasteiger partial charge is 0.490 e. The second kappa shape index (κ2) is 11.8. The van der Waals surface area contributed by atoms with Gasteiger partial charge in [-0.25, -0.2) is 9.59 Å². The van der Waals surface area contributed by atoms with Gasteiger partial charge in [-0.3, -0.25) is 0 Å². The number of hydrogen-bond donors (Lipinski definition) is 2. The lowest BCUT2D eigenvalue weighted by atomic mass is 10.2. The molecule has 2 N–H and O–H groups in total. The van der Waals surface area contributed by atoms with Crippen molar-refractivity contribution in [3.05, 3.63) is 28.2 Å². The first kappa shape index (κ1) is 21.4. The lowest BCUT2D eigenvalue weighted by Gasteiger charge is -2.14. The third-order valence-corrected chi connectivity index (χ3v) is 4.13. The van der Waals surface area contributed by atoms with E-state index in [-0.39, 0.29) is 0 Å². The quantitative estimate of drug-likeness (QED) is 0.519. The highest BCUT2D eigenvalue weighted by atomic mass is 79.9. The Balaban J connectivity index is 0.000000450. The molecule has 0 radical (unpaired) electrons. The summed E-state index contributed by atoms with van der Waals surface area (Å²) in [5.74, 6) is -2.77. The van der Waals surface area contributed by atoms with Gasteiger partial charge in [0.15, 0.2) is 0 Å². The van der Waals surface area contributed by atoms with Gasteiger partial charge in [-0.2, -0.15) is 0 Å². The predicted octanol–water partition coefficient (Wildman–Crippen LogP) is 2.40. The molecule has 1 heterocycles. The Bertz CT molecular complexity index is 548. The number of carboxylic acid groups (broad SMARTS) is 2. The third kappa shape index (κ3) is 9.42. The average Bonchev–Trinajstić information content (AvgIpc) is 3.06. The monoisotopic (exact) mass is 417 g/mol. The molecule has 1 aromatic carbocycles.